The lowest BCUT2D eigenvalue weighted by Gasteiger charge is -2.22. The minimum absolute atomic E-state index is 0.161. The average molecular weight is 361 g/mol. The molecule has 3 aromatic heterocycles. The molecule has 8 heteroatoms. The van der Waals surface area contributed by atoms with Crippen molar-refractivity contribution in [2.45, 2.75) is 18.9 Å². The van der Waals surface area contributed by atoms with Crippen LogP contribution >= 0.6 is 22.9 Å². The van der Waals surface area contributed by atoms with Gasteiger partial charge in [-0.2, -0.15) is 0 Å². The van der Waals surface area contributed by atoms with Gasteiger partial charge < -0.3 is 9.32 Å². The Bertz CT molecular complexity index is 865. The summed E-state index contributed by atoms with van der Waals surface area (Å²) in [7, 11) is 0. The Morgan fingerprint density at radius 3 is 3.04 bits per heavy atom. The van der Waals surface area contributed by atoms with Gasteiger partial charge in [0.1, 0.15) is 11.2 Å². The van der Waals surface area contributed by atoms with Crippen molar-refractivity contribution < 1.29 is 9.21 Å². The summed E-state index contributed by atoms with van der Waals surface area (Å²) >= 11 is 7.59. The Balaban J connectivity index is 1.61. The van der Waals surface area contributed by atoms with Crippen LogP contribution in [0.15, 0.2) is 40.3 Å². The van der Waals surface area contributed by atoms with Gasteiger partial charge in [0.25, 0.3) is 11.8 Å². The van der Waals surface area contributed by atoms with E-state index in [2.05, 4.69) is 15.2 Å². The molecule has 1 aliphatic heterocycles. The van der Waals surface area contributed by atoms with Crippen molar-refractivity contribution in [1.29, 1.82) is 0 Å². The quantitative estimate of drug-likeness (QED) is 0.664. The van der Waals surface area contributed by atoms with Crippen molar-refractivity contribution >= 4 is 28.8 Å². The second-order valence-corrected chi connectivity index (χ2v) is 6.73. The van der Waals surface area contributed by atoms with E-state index >= 15 is 0 Å². The summed E-state index contributed by atoms with van der Waals surface area (Å²) in [6.45, 7) is 0.630. The largest absolute Gasteiger partial charge is 0.418 e. The highest BCUT2D eigenvalue weighted by atomic mass is 35.5. The lowest BCUT2D eigenvalue weighted by molar-refractivity contribution is 0.0715. The van der Waals surface area contributed by atoms with Crippen LogP contribution in [-0.2, 0) is 0 Å². The third kappa shape index (κ3) is 2.70. The number of aromatic nitrogens is 3. The van der Waals surface area contributed by atoms with Gasteiger partial charge in [0, 0.05) is 12.7 Å². The zero-order valence-corrected chi connectivity index (χ0v) is 14.1. The number of halogens is 1. The van der Waals surface area contributed by atoms with Crippen LogP contribution in [0.25, 0.3) is 10.8 Å². The molecule has 1 fully saturated rings. The van der Waals surface area contributed by atoms with Crippen molar-refractivity contribution in [3.63, 3.8) is 0 Å². The maximum Gasteiger partial charge on any atom is 0.257 e. The maximum absolute atomic E-state index is 12.8. The van der Waals surface area contributed by atoms with Crippen molar-refractivity contribution in [3.05, 3.63) is 52.4 Å². The van der Waals surface area contributed by atoms with E-state index in [0.29, 0.717) is 23.9 Å². The highest BCUT2D eigenvalue weighted by molar-refractivity contribution is 7.13. The highest BCUT2D eigenvalue weighted by Gasteiger charge is 2.35. The Hall–Kier alpha value is -2.25. The van der Waals surface area contributed by atoms with E-state index in [1.807, 2.05) is 17.5 Å². The van der Waals surface area contributed by atoms with E-state index in [4.69, 9.17) is 16.0 Å². The van der Waals surface area contributed by atoms with Gasteiger partial charge in [-0.05, 0) is 36.4 Å². The van der Waals surface area contributed by atoms with Gasteiger partial charge in [0.05, 0.1) is 10.4 Å². The van der Waals surface area contributed by atoms with E-state index in [0.717, 1.165) is 17.7 Å². The molecule has 0 N–H and O–H groups in total. The summed E-state index contributed by atoms with van der Waals surface area (Å²) < 4.78 is 5.80. The number of carbonyl (C=O) groups excluding carboxylic acids is 1. The fraction of sp³-hybridized carbons (Fsp3) is 0.250. The number of hydrogen-bond donors (Lipinski definition) is 0. The van der Waals surface area contributed by atoms with E-state index in [-0.39, 0.29) is 17.1 Å². The molecule has 3 aromatic rings. The molecule has 4 heterocycles. The molecule has 0 saturated carbocycles. The molecule has 0 aliphatic carbocycles. The molecule has 1 saturated heterocycles. The molecule has 6 nitrogen and oxygen atoms in total. The summed E-state index contributed by atoms with van der Waals surface area (Å²) in [5.74, 6) is 0.787. The van der Waals surface area contributed by atoms with Crippen LogP contribution in [0, 0.1) is 0 Å². The average Bonchev–Trinajstić information content (AvgIpc) is 3.33. The van der Waals surface area contributed by atoms with E-state index in [1.54, 1.807) is 23.2 Å². The van der Waals surface area contributed by atoms with Crippen LogP contribution in [0.3, 0.4) is 0 Å². The van der Waals surface area contributed by atoms with Crippen molar-refractivity contribution in [1.82, 2.24) is 20.1 Å². The number of nitrogens with zero attached hydrogens (tertiary/aromatic N) is 4. The van der Waals surface area contributed by atoms with Crippen molar-refractivity contribution in [2.75, 3.05) is 6.54 Å². The summed E-state index contributed by atoms with van der Waals surface area (Å²) in [4.78, 5) is 19.4. The van der Waals surface area contributed by atoms with Crippen LogP contribution in [0.2, 0.25) is 5.15 Å². The van der Waals surface area contributed by atoms with Gasteiger partial charge in [0.15, 0.2) is 0 Å². The lowest BCUT2D eigenvalue weighted by atomic mass is 10.2. The Morgan fingerprint density at radius 1 is 1.33 bits per heavy atom. The second-order valence-electron chi connectivity index (χ2n) is 5.42. The van der Waals surface area contributed by atoms with Crippen molar-refractivity contribution in [2.24, 2.45) is 0 Å². The molecule has 0 bridgehead atoms. The van der Waals surface area contributed by atoms with E-state index < -0.39 is 0 Å². The normalized spacial score (nSPS) is 17.4. The number of carbonyl (C=O) groups is 1. The highest BCUT2D eigenvalue weighted by Crippen LogP contribution is 2.35. The van der Waals surface area contributed by atoms with Gasteiger partial charge in [-0.25, -0.2) is 4.98 Å². The van der Waals surface area contributed by atoms with Crippen LogP contribution in [0.1, 0.15) is 35.1 Å². The molecule has 1 aliphatic rings. The molecule has 1 amide bonds. The summed E-state index contributed by atoms with van der Waals surface area (Å²) in [5.41, 5.74) is 0.393. The zero-order valence-electron chi connectivity index (χ0n) is 12.6. The van der Waals surface area contributed by atoms with Crippen LogP contribution in [-0.4, -0.2) is 32.5 Å². The number of hydrogen-bond acceptors (Lipinski definition) is 6. The molecule has 24 heavy (non-hydrogen) atoms. The Kier molecular flexibility index (Phi) is 4.03. The van der Waals surface area contributed by atoms with Crippen LogP contribution in [0.5, 0.6) is 0 Å². The summed E-state index contributed by atoms with van der Waals surface area (Å²) in [5, 5.41) is 10.4. The summed E-state index contributed by atoms with van der Waals surface area (Å²) in [6, 6.07) is 7.01. The van der Waals surface area contributed by atoms with Gasteiger partial charge in [0.2, 0.25) is 5.89 Å². The predicted octanol–water partition coefficient (Wildman–Crippen LogP) is 3.82. The first-order valence-corrected chi connectivity index (χ1v) is 8.78. The minimum Gasteiger partial charge on any atom is -0.418 e. The third-order valence-corrected chi connectivity index (χ3v) is 5.12. The predicted molar refractivity (Wildman–Crippen MR) is 89.9 cm³/mol. The Morgan fingerprint density at radius 2 is 2.25 bits per heavy atom. The maximum atomic E-state index is 12.8. The van der Waals surface area contributed by atoms with Crippen LogP contribution < -0.4 is 0 Å². The fourth-order valence-electron chi connectivity index (χ4n) is 2.84. The SMILES string of the molecule is O=C(c1cccnc1Cl)N1CCCC1c1nnc(-c2cccs2)o1. The second kappa shape index (κ2) is 6.33. The number of thiophene rings is 1. The standard InChI is InChI=1S/C16H13ClN4O2S/c17-13-10(4-1-7-18-13)16(22)21-8-2-5-11(21)14-19-20-15(23-14)12-6-3-9-24-12/h1,3-4,6-7,9,11H,2,5,8H2. The fourth-order valence-corrected chi connectivity index (χ4v) is 3.68. The van der Waals surface area contributed by atoms with E-state index in [1.165, 1.54) is 11.3 Å². The van der Waals surface area contributed by atoms with Gasteiger partial charge in [-0.1, -0.05) is 17.7 Å². The Labute approximate surface area is 147 Å². The molecule has 1 unspecified atom stereocenters. The smallest absolute Gasteiger partial charge is 0.257 e. The first-order chi connectivity index (χ1) is 11.7. The zero-order chi connectivity index (χ0) is 16.5. The number of amides is 1. The molecule has 1 atom stereocenters. The van der Waals surface area contributed by atoms with Crippen molar-refractivity contribution in [3.8, 4) is 10.8 Å². The molecule has 4 rings (SSSR count). The van der Waals surface area contributed by atoms with Gasteiger partial charge >= 0.3 is 0 Å². The third-order valence-electron chi connectivity index (χ3n) is 3.96. The summed E-state index contributed by atoms with van der Waals surface area (Å²) in [6.07, 6.45) is 3.23. The molecule has 0 spiro atoms. The molecular weight excluding hydrogens is 348 g/mol. The molecule has 122 valence electrons. The lowest BCUT2D eigenvalue weighted by Crippen LogP contribution is -2.31. The first-order valence-electron chi connectivity index (χ1n) is 7.53. The first kappa shape index (κ1) is 15.3. The van der Waals surface area contributed by atoms with Gasteiger partial charge in [-0.15, -0.1) is 21.5 Å². The van der Waals surface area contributed by atoms with Gasteiger partial charge in [-0.3, -0.25) is 4.79 Å². The molecule has 0 radical (unpaired) electrons. The molecule has 0 aromatic carbocycles. The monoisotopic (exact) mass is 360 g/mol. The topological polar surface area (TPSA) is 72.1 Å². The van der Waals surface area contributed by atoms with E-state index in [9.17, 15) is 4.79 Å². The number of rotatable bonds is 3. The number of pyridine rings is 1. The van der Waals surface area contributed by atoms with Crippen LogP contribution in [0.4, 0.5) is 0 Å². The minimum atomic E-state index is -0.227. The number of likely N-dealkylation sites (tertiary alicyclic amines) is 1. The molecular formula is C16H13ClN4O2S.